The lowest BCUT2D eigenvalue weighted by Crippen LogP contribution is -2.22. The van der Waals surface area contributed by atoms with Crippen LogP contribution < -0.4 is 0 Å². The monoisotopic (exact) mass is 315 g/mol. The van der Waals surface area contributed by atoms with Crippen LogP contribution in [-0.2, 0) is 9.73 Å². The molecule has 2 rings (SSSR count). The van der Waals surface area contributed by atoms with Crippen molar-refractivity contribution in [2.24, 2.45) is 0 Å². The molecule has 2 nitrogen and oxygen atoms in total. The number of nitrogens with one attached hydrogen (secondary N) is 1. The lowest BCUT2D eigenvalue weighted by atomic mass is 9.87. The van der Waals surface area contributed by atoms with Gasteiger partial charge in [-0.2, -0.15) is 0 Å². The van der Waals surface area contributed by atoms with Crippen LogP contribution in [-0.4, -0.2) is 15.7 Å². The van der Waals surface area contributed by atoms with E-state index in [-0.39, 0.29) is 0 Å². The van der Waals surface area contributed by atoms with Gasteiger partial charge in [0, 0.05) is 25.7 Å². The first kappa shape index (κ1) is 13.1. The Morgan fingerprint density at radius 1 is 1.24 bits per heavy atom. The molecule has 17 heavy (non-hydrogen) atoms. The lowest BCUT2D eigenvalue weighted by molar-refractivity contribution is 0.593. The number of hydrogen-bond donors (Lipinski definition) is 1. The fraction of sp³-hybridized carbons (Fsp3) is 0.538. The third-order valence-electron chi connectivity index (χ3n) is 3.56. The molecule has 1 aliphatic heterocycles. The van der Waals surface area contributed by atoms with Crippen molar-refractivity contribution in [1.29, 1.82) is 4.78 Å². The van der Waals surface area contributed by atoms with Gasteiger partial charge in [0.25, 0.3) is 0 Å². The van der Waals surface area contributed by atoms with Crippen LogP contribution in [0.1, 0.15) is 35.4 Å². The van der Waals surface area contributed by atoms with Crippen molar-refractivity contribution < 1.29 is 4.21 Å². The van der Waals surface area contributed by atoms with E-state index in [4.69, 9.17) is 4.78 Å². The van der Waals surface area contributed by atoms with Crippen LogP contribution in [0.15, 0.2) is 16.6 Å². The Hall–Kier alpha value is -0.350. The van der Waals surface area contributed by atoms with Crippen molar-refractivity contribution in [2.45, 2.75) is 32.6 Å². The van der Waals surface area contributed by atoms with Crippen LogP contribution in [0.5, 0.6) is 0 Å². The fourth-order valence-electron chi connectivity index (χ4n) is 2.77. The highest BCUT2D eigenvalue weighted by Crippen LogP contribution is 2.34. The zero-order chi connectivity index (χ0) is 12.6. The van der Waals surface area contributed by atoms with Crippen LogP contribution in [0.3, 0.4) is 0 Å². The third kappa shape index (κ3) is 2.91. The highest BCUT2D eigenvalue weighted by Gasteiger charge is 2.24. The summed E-state index contributed by atoms with van der Waals surface area (Å²) in [6.07, 6.45) is 1.79. The summed E-state index contributed by atoms with van der Waals surface area (Å²) in [5.74, 6) is 1.61. The van der Waals surface area contributed by atoms with Gasteiger partial charge < -0.3 is 0 Å². The second kappa shape index (κ2) is 4.73. The summed E-state index contributed by atoms with van der Waals surface area (Å²) in [5, 5.41) is 0. The van der Waals surface area contributed by atoms with Crippen LogP contribution in [0, 0.1) is 18.6 Å². The molecule has 94 valence electrons. The topological polar surface area (TPSA) is 40.9 Å². The molecule has 0 amide bonds. The summed E-state index contributed by atoms with van der Waals surface area (Å²) in [4.78, 5) is 0. The minimum Gasteiger partial charge on any atom is -0.253 e. The molecule has 0 aromatic heterocycles. The standard InChI is InChI=1S/C13H18BrNOS/c1-9-7-12(14)8-10(2)13(9)11-3-5-17(15,16)6-4-11/h7-8,11,15H,3-6H2,1-2H3. The Morgan fingerprint density at radius 2 is 1.71 bits per heavy atom. The number of halogens is 1. The average Bonchev–Trinajstić information content (AvgIpc) is 2.19. The van der Waals surface area contributed by atoms with Crippen molar-refractivity contribution in [1.82, 2.24) is 0 Å². The SMILES string of the molecule is Cc1cc(Br)cc(C)c1C1CCS(=N)(=O)CC1. The molecule has 1 N–H and O–H groups in total. The maximum absolute atomic E-state index is 11.7. The summed E-state index contributed by atoms with van der Waals surface area (Å²) in [5.41, 5.74) is 4.02. The van der Waals surface area contributed by atoms with Crippen LogP contribution in [0.25, 0.3) is 0 Å². The van der Waals surface area contributed by atoms with Gasteiger partial charge in [-0.3, -0.25) is 4.78 Å². The molecule has 1 saturated heterocycles. The number of benzene rings is 1. The summed E-state index contributed by atoms with van der Waals surface area (Å²) >= 11 is 3.51. The first-order chi connectivity index (χ1) is 7.89. The molecule has 1 fully saturated rings. The zero-order valence-electron chi connectivity index (χ0n) is 10.3. The highest BCUT2D eigenvalue weighted by molar-refractivity contribution is 9.10. The van der Waals surface area contributed by atoms with Crippen LogP contribution >= 0.6 is 15.9 Å². The molecule has 0 spiro atoms. The van der Waals surface area contributed by atoms with E-state index in [1.165, 1.54) is 16.7 Å². The van der Waals surface area contributed by atoms with E-state index in [9.17, 15) is 4.21 Å². The van der Waals surface area contributed by atoms with Gasteiger partial charge in [-0.15, -0.1) is 0 Å². The van der Waals surface area contributed by atoms with Crippen molar-refractivity contribution in [3.63, 3.8) is 0 Å². The Balaban J connectivity index is 2.30. The van der Waals surface area contributed by atoms with E-state index in [0.717, 1.165) is 17.3 Å². The van der Waals surface area contributed by atoms with Gasteiger partial charge in [-0.25, -0.2) is 4.21 Å². The Labute approximate surface area is 112 Å². The van der Waals surface area contributed by atoms with Gasteiger partial charge in [-0.1, -0.05) is 15.9 Å². The van der Waals surface area contributed by atoms with Crippen LogP contribution in [0.4, 0.5) is 0 Å². The van der Waals surface area contributed by atoms with Gasteiger partial charge in [0.2, 0.25) is 0 Å². The quantitative estimate of drug-likeness (QED) is 0.836. The summed E-state index contributed by atoms with van der Waals surface area (Å²) < 4.78 is 20.4. The summed E-state index contributed by atoms with van der Waals surface area (Å²) in [6.45, 7) is 4.28. The molecule has 1 aromatic rings. The fourth-order valence-corrected chi connectivity index (χ4v) is 4.99. The molecule has 1 heterocycles. The molecule has 0 aliphatic carbocycles. The first-order valence-electron chi connectivity index (χ1n) is 5.90. The molecule has 1 aromatic carbocycles. The second-order valence-corrected chi connectivity index (χ2v) is 8.30. The number of aryl methyl sites for hydroxylation is 2. The molecule has 0 unspecified atom stereocenters. The van der Waals surface area contributed by atoms with Gasteiger partial charge in [0.15, 0.2) is 0 Å². The predicted molar refractivity (Wildman–Crippen MR) is 76.2 cm³/mol. The summed E-state index contributed by atoms with van der Waals surface area (Å²) in [6, 6.07) is 4.30. The molecule has 0 atom stereocenters. The molecular weight excluding hydrogens is 298 g/mol. The van der Waals surface area contributed by atoms with E-state index < -0.39 is 9.73 Å². The Morgan fingerprint density at radius 3 is 2.18 bits per heavy atom. The molecule has 0 radical (unpaired) electrons. The largest absolute Gasteiger partial charge is 0.253 e. The minimum absolute atomic E-state index is 0.489. The van der Waals surface area contributed by atoms with Crippen molar-refractivity contribution in [3.05, 3.63) is 33.3 Å². The van der Waals surface area contributed by atoms with E-state index >= 15 is 0 Å². The number of rotatable bonds is 1. The molecule has 0 bridgehead atoms. The summed E-state index contributed by atoms with van der Waals surface area (Å²) in [7, 11) is -2.27. The molecule has 4 heteroatoms. The molecule has 0 saturated carbocycles. The maximum Gasteiger partial charge on any atom is 0.0441 e. The third-order valence-corrected chi connectivity index (χ3v) is 5.81. The molecular formula is C13H18BrNOS. The van der Waals surface area contributed by atoms with Crippen molar-refractivity contribution in [2.75, 3.05) is 11.5 Å². The van der Waals surface area contributed by atoms with Gasteiger partial charge in [0.05, 0.1) is 0 Å². The van der Waals surface area contributed by atoms with Gasteiger partial charge >= 0.3 is 0 Å². The van der Waals surface area contributed by atoms with Gasteiger partial charge in [0.1, 0.15) is 0 Å². The second-order valence-electron chi connectivity index (χ2n) is 4.95. The predicted octanol–water partition coefficient (Wildman–Crippen LogP) is 3.99. The highest BCUT2D eigenvalue weighted by atomic mass is 79.9. The Kier molecular flexibility index (Phi) is 3.64. The van der Waals surface area contributed by atoms with Gasteiger partial charge in [-0.05, 0) is 61.4 Å². The maximum atomic E-state index is 11.7. The normalized spacial score (nSPS) is 29.2. The number of hydrogen-bond acceptors (Lipinski definition) is 2. The smallest absolute Gasteiger partial charge is 0.0441 e. The van der Waals surface area contributed by atoms with Crippen molar-refractivity contribution in [3.8, 4) is 0 Å². The van der Waals surface area contributed by atoms with Crippen LogP contribution in [0.2, 0.25) is 0 Å². The Bertz CT molecular complexity index is 499. The molecule has 1 aliphatic rings. The van der Waals surface area contributed by atoms with E-state index in [0.29, 0.717) is 17.4 Å². The van der Waals surface area contributed by atoms with E-state index in [2.05, 4.69) is 41.9 Å². The van der Waals surface area contributed by atoms with E-state index in [1.54, 1.807) is 0 Å². The zero-order valence-corrected chi connectivity index (χ0v) is 12.7. The average molecular weight is 316 g/mol. The van der Waals surface area contributed by atoms with Crippen molar-refractivity contribution >= 4 is 25.7 Å². The first-order valence-corrected chi connectivity index (χ1v) is 8.59. The lowest BCUT2D eigenvalue weighted by Gasteiger charge is -2.26. The van der Waals surface area contributed by atoms with E-state index in [1.807, 2.05) is 0 Å². The minimum atomic E-state index is -2.27.